The molecular formula is C18H27F3N2. The molecule has 1 aliphatic heterocycles. The van der Waals surface area contributed by atoms with E-state index in [4.69, 9.17) is 0 Å². The average molecular weight is 328 g/mol. The first-order valence-corrected chi connectivity index (χ1v) is 8.62. The van der Waals surface area contributed by atoms with E-state index in [0.29, 0.717) is 18.2 Å². The smallest absolute Gasteiger partial charge is 0.317 e. The summed E-state index contributed by atoms with van der Waals surface area (Å²) < 4.78 is 39.7. The SMILES string of the molecule is CCCCCN(Cc1ccccc1C(F)(F)F)C1CCNCC1. The summed E-state index contributed by atoms with van der Waals surface area (Å²) in [6.07, 6.45) is 1.05. The number of unbranched alkanes of at least 4 members (excludes halogenated alkanes) is 2. The molecule has 0 unspecified atom stereocenters. The van der Waals surface area contributed by atoms with Gasteiger partial charge in [-0.3, -0.25) is 4.90 Å². The average Bonchev–Trinajstić information content (AvgIpc) is 2.54. The van der Waals surface area contributed by atoms with Crippen molar-refractivity contribution >= 4 is 0 Å². The second-order valence-electron chi connectivity index (χ2n) is 6.31. The van der Waals surface area contributed by atoms with Crippen LogP contribution in [0, 0.1) is 0 Å². The largest absolute Gasteiger partial charge is 0.416 e. The highest BCUT2D eigenvalue weighted by molar-refractivity contribution is 5.29. The summed E-state index contributed by atoms with van der Waals surface area (Å²) in [5.41, 5.74) is -0.0931. The van der Waals surface area contributed by atoms with E-state index >= 15 is 0 Å². The van der Waals surface area contributed by atoms with Gasteiger partial charge < -0.3 is 5.32 Å². The zero-order valence-electron chi connectivity index (χ0n) is 13.8. The van der Waals surface area contributed by atoms with Crippen molar-refractivity contribution in [3.05, 3.63) is 35.4 Å². The monoisotopic (exact) mass is 328 g/mol. The molecule has 0 radical (unpaired) electrons. The molecule has 2 rings (SSSR count). The number of hydrogen-bond acceptors (Lipinski definition) is 2. The fourth-order valence-electron chi connectivity index (χ4n) is 3.28. The lowest BCUT2D eigenvalue weighted by Crippen LogP contribution is -2.43. The van der Waals surface area contributed by atoms with Crippen LogP contribution in [-0.4, -0.2) is 30.6 Å². The normalized spacial score (nSPS) is 16.9. The summed E-state index contributed by atoms with van der Waals surface area (Å²) in [6.45, 7) is 5.33. The van der Waals surface area contributed by atoms with Crippen molar-refractivity contribution in [3.63, 3.8) is 0 Å². The molecule has 1 aromatic rings. The predicted octanol–water partition coefficient (Wildman–Crippen LogP) is 4.45. The molecule has 0 saturated carbocycles. The van der Waals surface area contributed by atoms with Gasteiger partial charge in [-0.25, -0.2) is 0 Å². The van der Waals surface area contributed by atoms with Gasteiger partial charge in [0, 0.05) is 12.6 Å². The molecule has 5 heteroatoms. The number of alkyl halides is 3. The Labute approximate surface area is 137 Å². The Balaban J connectivity index is 2.13. The van der Waals surface area contributed by atoms with Gasteiger partial charge in [-0.15, -0.1) is 0 Å². The number of hydrogen-bond donors (Lipinski definition) is 1. The second-order valence-corrected chi connectivity index (χ2v) is 6.31. The van der Waals surface area contributed by atoms with E-state index in [1.54, 1.807) is 12.1 Å². The van der Waals surface area contributed by atoms with Crippen LogP contribution in [0.5, 0.6) is 0 Å². The van der Waals surface area contributed by atoms with Crippen LogP contribution in [0.1, 0.15) is 50.2 Å². The first-order valence-electron chi connectivity index (χ1n) is 8.62. The lowest BCUT2D eigenvalue weighted by atomic mass is 10.0. The van der Waals surface area contributed by atoms with Gasteiger partial charge in [-0.2, -0.15) is 13.2 Å². The number of piperidine rings is 1. The minimum Gasteiger partial charge on any atom is -0.317 e. The van der Waals surface area contributed by atoms with Crippen molar-refractivity contribution < 1.29 is 13.2 Å². The molecule has 2 nitrogen and oxygen atoms in total. The minimum atomic E-state index is -4.28. The number of nitrogens with one attached hydrogen (secondary N) is 1. The van der Waals surface area contributed by atoms with E-state index in [1.807, 2.05) is 0 Å². The van der Waals surface area contributed by atoms with Crippen LogP contribution in [-0.2, 0) is 12.7 Å². The third kappa shape index (κ3) is 5.50. The highest BCUT2D eigenvalue weighted by Gasteiger charge is 2.33. The van der Waals surface area contributed by atoms with Crippen LogP contribution in [0.4, 0.5) is 13.2 Å². The topological polar surface area (TPSA) is 15.3 Å². The maximum atomic E-state index is 13.2. The van der Waals surface area contributed by atoms with Gasteiger partial charge in [0.2, 0.25) is 0 Å². The number of rotatable bonds is 7. The quantitative estimate of drug-likeness (QED) is 0.744. The van der Waals surface area contributed by atoms with Crippen molar-refractivity contribution in [2.24, 2.45) is 0 Å². The lowest BCUT2D eigenvalue weighted by molar-refractivity contribution is -0.138. The van der Waals surface area contributed by atoms with Gasteiger partial charge >= 0.3 is 6.18 Å². The van der Waals surface area contributed by atoms with E-state index in [1.165, 1.54) is 12.1 Å². The molecule has 1 N–H and O–H groups in total. The zero-order valence-corrected chi connectivity index (χ0v) is 13.8. The number of nitrogens with zero attached hydrogens (tertiary/aromatic N) is 1. The molecule has 1 aromatic carbocycles. The summed E-state index contributed by atoms with van der Waals surface area (Å²) in [6, 6.07) is 6.38. The van der Waals surface area contributed by atoms with E-state index in [9.17, 15) is 13.2 Å². The lowest BCUT2D eigenvalue weighted by Gasteiger charge is -2.35. The summed E-state index contributed by atoms with van der Waals surface area (Å²) >= 11 is 0. The third-order valence-corrected chi connectivity index (χ3v) is 4.57. The van der Waals surface area contributed by atoms with Crippen LogP contribution in [0.25, 0.3) is 0 Å². The van der Waals surface area contributed by atoms with E-state index < -0.39 is 11.7 Å². The van der Waals surface area contributed by atoms with Crippen molar-refractivity contribution in [1.29, 1.82) is 0 Å². The summed E-state index contributed by atoms with van der Waals surface area (Å²) in [4.78, 5) is 2.26. The molecule has 1 fully saturated rings. The molecule has 0 atom stereocenters. The maximum absolute atomic E-state index is 13.2. The van der Waals surface area contributed by atoms with Crippen LogP contribution >= 0.6 is 0 Å². The molecule has 0 amide bonds. The fraction of sp³-hybridized carbons (Fsp3) is 0.667. The Hall–Kier alpha value is -1.07. The predicted molar refractivity (Wildman–Crippen MR) is 87.3 cm³/mol. The van der Waals surface area contributed by atoms with Gasteiger partial charge in [-0.05, 0) is 50.5 Å². The van der Waals surface area contributed by atoms with E-state index in [0.717, 1.165) is 51.7 Å². The van der Waals surface area contributed by atoms with Gasteiger partial charge in [-0.1, -0.05) is 38.0 Å². The molecular weight excluding hydrogens is 301 g/mol. The summed E-state index contributed by atoms with van der Waals surface area (Å²) in [5, 5.41) is 3.33. The fourth-order valence-corrected chi connectivity index (χ4v) is 3.28. The molecule has 0 spiro atoms. The molecule has 1 aliphatic rings. The molecule has 1 saturated heterocycles. The number of benzene rings is 1. The zero-order chi connectivity index (χ0) is 16.7. The van der Waals surface area contributed by atoms with Crippen LogP contribution < -0.4 is 5.32 Å². The van der Waals surface area contributed by atoms with Gasteiger partial charge in [0.15, 0.2) is 0 Å². The highest BCUT2D eigenvalue weighted by Crippen LogP contribution is 2.33. The molecule has 23 heavy (non-hydrogen) atoms. The van der Waals surface area contributed by atoms with Crippen molar-refractivity contribution in [1.82, 2.24) is 10.2 Å². The van der Waals surface area contributed by atoms with Crippen LogP contribution in [0.3, 0.4) is 0 Å². The Bertz CT molecular complexity index is 468. The maximum Gasteiger partial charge on any atom is 0.416 e. The van der Waals surface area contributed by atoms with Crippen LogP contribution in [0.15, 0.2) is 24.3 Å². The molecule has 130 valence electrons. The van der Waals surface area contributed by atoms with Gasteiger partial charge in [0.1, 0.15) is 0 Å². The van der Waals surface area contributed by atoms with Crippen LogP contribution in [0.2, 0.25) is 0 Å². The third-order valence-electron chi connectivity index (χ3n) is 4.57. The Morgan fingerprint density at radius 2 is 1.83 bits per heavy atom. The van der Waals surface area contributed by atoms with Gasteiger partial charge in [0.05, 0.1) is 5.56 Å². The molecule has 1 heterocycles. The Morgan fingerprint density at radius 1 is 1.13 bits per heavy atom. The second kappa shape index (κ2) is 8.69. The van der Waals surface area contributed by atoms with Crippen molar-refractivity contribution in [2.75, 3.05) is 19.6 Å². The minimum absolute atomic E-state index is 0.384. The van der Waals surface area contributed by atoms with Crippen molar-refractivity contribution in [3.8, 4) is 0 Å². The molecule has 0 aliphatic carbocycles. The standard InChI is InChI=1S/C18H27F3N2/c1-2-3-6-13-23(16-9-11-22-12-10-16)14-15-7-4-5-8-17(15)18(19,20)21/h4-5,7-8,16,22H,2-3,6,9-14H2,1H3. The highest BCUT2D eigenvalue weighted by atomic mass is 19.4. The first-order chi connectivity index (χ1) is 11.0. The molecule has 0 bridgehead atoms. The van der Waals surface area contributed by atoms with E-state index in [2.05, 4.69) is 17.1 Å². The first kappa shape index (κ1) is 18.3. The Kier molecular flexibility index (Phi) is 6.90. The number of halogens is 3. The van der Waals surface area contributed by atoms with E-state index in [-0.39, 0.29) is 0 Å². The Morgan fingerprint density at radius 3 is 2.48 bits per heavy atom. The molecule has 0 aromatic heterocycles. The summed E-state index contributed by atoms with van der Waals surface area (Å²) in [7, 11) is 0. The van der Waals surface area contributed by atoms with Gasteiger partial charge in [0.25, 0.3) is 0 Å². The van der Waals surface area contributed by atoms with Crippen molar-refractivity contribution in [2.45, 2.75) is 57.8 Å². The summed E-state index contributed by atoms with van der Waals surface area (Å²) in [5.74, 6) is 0.